The van der Waals surface area contributed by atoms with Crippen LogP contribution in [0.3, 0.4) is 0 Å². The number of thiazole rings is 1. The number of aromatic nitrogens is 1. The van der Waals surface area contributed by atoms with Gasteiger partial charge in [0.05, 0.1) is 21.3 Å². The monoisotopic (exact) mass is 235 g/mol. The number of hydrogen-bond acceptors (Lipinski definition) is 3. The molecule has 1 aromatic heterocycles. The molecule has 0 fully saturated rings. The molecule has 0 radical (unpaired) electrons. The first-order valence-corrected chi connectivity index (χ1v) is 6.44. The number of aliphatic hydroxyl groups is 1. The molecule has 1 aromatic carbocycles. The second-order valence-corrected chi connectivity index (χ2v) is 5.59. The van der Waals surface area contributed by atoms with Gasteiger partial charge in [-0.2, -0.15) is 0 Å². The van der Waals surface area contributed by atoms with Crippen LogP contribution in [-0.2, 0) is 0 Å². The summed E-state index contributed by atoms with van der Waals surface area (Å²) in [6.45, 7) is 6.10. The number of aliphatic hydroxyl groups excluding tert-OH is 1. The van der Waals surface area contributed by atoms with E-state index in [1.165, 1.54) is 4.70 Å². The minimum atomic E-state index is -0.347. The molecular weight excluding hydrogens is 218 g/mol. The lowest BCUT2D eigenvalue weighted by Crippen LogP contribution is -2.19. The van der Waals surface area contributed by atoms with E-state index in [4.69, 9.17) is 0 Å². The highest BCUT2D eigenvalue weighted by molar-refractivity contribution is 7.18. The Labute approximate surface area is 100.0 Å². The number of hydrogen-bond donors (Lipinski definition) is 1. The summed E-state index contributed by atoms with van der Waals surface area (Å²) in [5.41, 5.74) is 1.04. The Bertz CT molecular complexity index is 434. The third-order valence-corrected chi connectivity index (χ3v) is 3.97. The molecule has 0 amide bonds. The molecule has 1 heterocycles. The Morgan fingerprint density at radius 1 is 1.19 bits per heavy atom. The molecule has 16 heavy (non-hydrogen) atoms. The molecule has 2 nitrogen and oxygen atoms in total. The molecule has 0 aliphatic heterocycles. The SMILES string of the molecule is CC(C)C(c1nc2ccccc2s1)C(C)O. The minimum Gasteiger partial charge on any atom is -0.393 e. The molecule has 0 aliphatic carbocycles. The number of rotatable bonds is 3. The van der Waals surface area contributed by atoms with Gasteiger partial charge in [0.15, 0.2) is 0 Å². The Hall–Kier alpha value is -0.930. The Morgan fingerprint density at radius 3 is 2.44 bits per heavy atom. The van der Waals surface area contributed by atoms with E-state index in [-0.39, 0.29) is 12.0 Å². The first-order valence-electron chi connectivity index (χ1n) is 5.63. The summed E-state index contributed by atoms with van der Waals surface area (Å²) in [4.78, 5) is 4.61. The summed E-state index contributed by atoms with van der Waals surface area (Å²) >= 11 is 1.69. The molecule has 2 atom stereocenters. The molecule has 2 rings (SSSR count). The smallest absolute Gasteiger partial charge is 0.0997 e. The number of benzene rings is 1. The standard InChI is InChI=1S/C13H17NOS/c1-8(2)12(9(3)15)13-14-10-6-4-5-7-11(10)16-13/h4-9,12,15H,1-3H3. The normalized spacial score (nSPS) is 15.6. The molecule has 0 spiro atoms. The molecular formula is C13H17NOS. The van der Waals surface area contributed by atoms with E-state index in [1.54, 1.807) is 11.3 Å². The van der Waals surface area contributed by atoms with Crippen LogP contribution < -0.4 is 0 Å². The second kappa shape index (κ2) is 4.52. The summed E-state index contributed by atoms with van der Waals surface area (Å²) in [5.74, 6) is 0.540. The van der Waals surface area contributed by atoms with Gasteiger partial charge >= 0.3 is 0 Å². The molecule has 2 unspecified atom stereocenters. The van der Waals surface area contributed by atoms with Crippen LogP contribution in [0, 0.1) is 5.92 Å². The zero-order valence-corrected chi connectivity index (χ0v) is 10.7. The highest BCUT2D eigenvalue weighted by Gasteiger charge is 2.24. The van der Waals surface area contributed by atoms with E-state index >= 15 is 0 Å². The lowest BCUT2D eigenvalue weighted by molar-refractivity contribution is 0.140. The van der Waals surface area contributed by atoms with Gasteiger partial charge in [-0.1, -0.05) is 26.0 Å². The van der Waals surface area contributed by atoms with Crippen LogP contribution >= 0.6 is 11.3 Å². The topological polar surface area (TPSA) is 33.1 Å². The van der Waals surface area contributed by atoms with Crippen LogP contribution in [0.2, 0.25) is 0 Å². The molecule has 86 valence electrons. The van der Waals surface area contributed by atoms with Gasteiger partial charge in [0, 0.05) is 5.92 Å². The highest BCUT2D eigenvalue weighted by atomic mass is 32.1. The first-order chi connectivity index (χ1) is 7.59. The van der Waals surface area contributed by atoms with E-state index in [0.29, 0.717) is 5.92 Å². The summed E-state index contributed by atoms with van der Waals surface area (Å²) in [6.07, 6.45) is -0.347. The zero-order chi connectivity index (χ0) is 11.7. The van der Waals surface area contributed by atoms with E-state index < -0.39 is 0 Å². The van der Waals surface area contributed by atoms with Crippen molar-refractivity contribution in [2.75, 3.05) is 0 Å². The lowest BCUT2D eigenvalue weighted by atomic mass is 9.92. The average Bonchev–Trinajstić information content (AvgIpc) is 2.58. The number of para-hydroxylation sites is 1. The number of nitrogens with zero attached hydrogens (tertiary/aromatic N) is 1. The third-order valence-electron chi connectivity index (χ3n) is 2.83. The fraction of sp³-hybridized carbons (Fsp3) is 0.462. The maximum Gasteiger partial charge on any atom is 0.0997 e. The molecule has 1 N–H and O–H groups in total. The van der Waals surface area contributed by atoms with Gasteiger partial charge in [0.1, 0.15) is 0 Å². The van der Waals surface area contributed by atoms with Crippen LogP contribution in [0.4, 0.5) is 0 Å². The van der Waals surface area contributed by atoms with Gasteiger partial charge in [-0.15, -0.1) is 11.3 Å². The third kappa shape index (κ3) is 2.11. The van der Waals surface area contributed by atoms with Crippen molar-refractivity contribution in [2.45, 2.75) is 32.8 Å². The Morgan fingerprint density at radius 2 is 1.88 bits per heavy atom. The van der Waals surface area contributed by atoms with Gasteiger partial charge in [0.25, 0.3) is 0 Å². The molecule has 2 aromatic rings. The van der Waals surface area contributed by atoms with E-state index in [2.05, 4.69) is 24.9 Å². The average molecular weight is 235 g/mol. The van der Waals surface area contributed by atoms with Gasteiger partial charge in [-0.25, -0.2) is 4.98 Å². The summed E-state index contributed by atoms with van der Waals surface area (Å²) < 4.78 is 1.20. The predicted molar refractivity (Wildman–Crippen MR) is 68.9 cm³/mol. The largest absolute Gasteiger partial charge is 0.393 e. The lowest BCUT2D eigenvalue weighted by Gasteiger charge is -2.21. The van der Waals surface area contributed by atoms with Crippen LogP contribution in [0.5, 0.6) is 0 Å². The van der Waals surface area contributed by atoms with Crippen molar-refractivity contribution in [3.8, 4) is 0 Å². The molecule has 0 aliphatic rings. The minimum absolute atomic E-state index is 0.136. The Kier molecular flexibility index (Phi) is 3.26. The zero-order valence-electron chi connectivity index (χ0n) is 9.84. The van der Waals surface area contributed by atoms with Crippen molar-refractivity contribution >= 4 is 21.6 Å². The predicted octanol–water partition coefficient (Wildman–Crippen LogP) is 3.42. The second-order valence-electron chi connectivity index (χ2n) is 4.53. The fourth-order valence-corrected chi connectivity index (χ4v) is 3.42. The highest BCUT2D eigenvalue weighted by Crippen LogP contribution is 2.33. The van der Waals surface area contributed by atoms with Crippen LogP contribution in [0.1, 0.15) is 31.7 Å². The van der Waals surface area contributed by atoms with E-state index in [1.807, 2.05) is 25.1 Å². The summed E-state index contributed by atoms with van der Waals surface area (Å²) in [5, 5.41) is 10.9. The van der Waals surface area contributed by atoms with Gasteiger partial charge < -0.3 is 5.11 Å². The number of fused-ring (bicyclic) bond motifs is 1. The van der Waals surface area contributed by atoms with E-state index in [0.717, 1.165) is 10.5 Å². The maximum absolute atomic E-state index is 9.83. The van der Waals surface area contributed by atoms with Crippen molar-refractivity contribution in [1.29, 1.82) is 0 Å². The first kappa shape index (κ1) is 11.6. The summed E-state index contributed by atoms with van der Waals surface area (Å²) in [6, 6.07) is 8.13. The van der Waals surface area contributed by atoms with E-state index in [9.17, 15) is 5.11 Å². The van der Waals surface area contributed by atoms with Crippen molar-refractivity contribution < 1.29 is 5.11 Å². The molecule has 0 saturated carbocycles. The van der Waals surface area contributed by atoms with Gasteiger partial charge in [-0.05, 0) is 25.0 Å². The van der Waals surface area contributed by atoms with Crippen molar-refractivity contribution in [3.63, 3.8) is 0 Å². The van der Waals surface area contributed by atoms with Crippen LogP contribution in [0.25, 0.3) is 10.2 Å². The molecule has 0 bridgehead atoms. The van der Waals surface area contributed by atoms with Gasteiger partial charge in [0.2, 0.25) is 0 Å². The molecule has 0 saturated heterocycles. The van der Waals surface area contributed by atoms with Crippen LogP contribution in [-0.4, -0.2) is 16.2 Å². The summed E-state index contributed by atoms with van der Waals surface area (Å²) in [7, 11) is 0. The van der Waals surface area contributed by atoms with Gasteiger partial charge in [-0.3, -0.25) is 0 Å². The Balaban J connectivity index is 2.45. The van der Waals surface area contributed by atoms with Crippen molar-refractivity contribution in [1.82, 2.24) is 4.98 Å². The maximum atomic E-state index is 9.83. The fourth-order valence-electron chi connectivity index (χ4n) is 2.08. The van der Waals surface area contributed by atoms with Crippen molar-refractivity contribution in [3.05, 3.63) is 29.3 Å². The van der Waals surface area contributed by atoms with Crippen molar-refractivity contribution in [2.24, 2.45) is 5.92 Å². The van der Waals surface area contributed by atoms with Crippen LogP contribution in [0.15, 0.2) is 24.3 Å². The molecule has 3 heteroatoms. The quantitative estimate of drug-likeness (QED) is 0.884.